The minimum absolute atomic E-state index is 0.0309. The van der Waals surface area contributed by atoms with Gasteiger partial charge < -0.3 is 4.79 Å². The molecule has 0 saturated carbocycles. The van der Waals surface area contributed by atoms with Crippen molar-refractivity contribution in [3.05, 3.63) is 34.9 Å². The van der Waals surface area contributed by atoms with E-state index in [9.17, 15) is 18.0 Å². The summed E-state index contributed by atoms with van der Waals surface area (Å²) >= 11 is 0. The van der Waals surface area contributed by atoms with Crippen molar-refractivity contribution in [1.82, 2.24) is 0 Å². The SMILES string of the molecule is N#Cc1cc(C(F)(F)F)ccc1CCC=O. The van der Waals surface area contributed by atoms with E-state index < -0.39 is 11.7 Å². The van der Waals surface area contributed by atoms with Gasteiger partial charge in [-0.1, -0.05) is 6.07 Å². The summed E-state index contributed by atoms with van der Waals surface area (Å²) in [5.41, 5.74) is -0.418. The van der Waals surface area contributed by atoms with Gasteiger partial charge >= 0.3 is 6.18 Å². The Bertz CT molecular complexity index is 432. The minimum Gasteiger partial charge on any atom is -0.303 e. The second-order valence-electron chi connectivity index (χ2n) is 3.19. The van der Waals surface area contributed by atoms with Crippen LogP contribution in [0, 0.1) is 11.3 Å². The Hall–Kier alpha value is -1.83. The van der Waals surface area contributed by atoms with Gasteiger partial charge in [0.05, 0.1) is 17.2 Å². The number of nitrogens with zero attached hydrogens (tertiary/aromatic N) is 1. The first-order valence-electron chi connectivity index (χ1n) is 4.53. The first-order valence-corrected chi connectivity index (χ1v) is 4.53. The second-order valence-corrected chi connectivity index (χ2v) is 3.19. The average Bonchev–Trinajstić information content (AvgIpc) is 2.24. The average molecular weight is 227 g/mol. The zero-order valence-corrected chi connectivity index (χ0v) is 8.21. The molecule has 0 aliphatic carbocycles. The molecule has 0 atom stereocenters. The molecule has 0 aliphatic heterocycles. The van der Waals surface area contributed by atoms with E-state index in [4.69, 9.17) is 5.26 Å². The van der Waals surface area contributed by atoms with Gasteiger partial charge in [-0.3, -0.25) is 0 Å². The highest BCUT2D eigenvalue weighted by Crippen LogP contribution is 2.30. The fourth-order valence-electron chi connectivity index (χ4n) is 1.29. The highest BCUT2D eigenvalue weighted by Gasteiger charge is 2.30. The molecule has 0 fully saturated rings. The van der Waals surface area contributed by atoms with E-state index in [0.717, 1.165) is 12.1 Å². The maximum atomic E-state index is 12.3. The summed E-state index contributed by atoms with van der Waals surface area (Å²) in [7, 11) is 0. The predicted octanol–water partition coefficient (Wildman–Crippen LogP) is 2.71. The highest BCUT2D eigenvalue weighted by molar-refractivity contribution is 5.51. The van der Waals surface area contributed by atoms with E-state index in [-0.39, 0.29) is 18.4 Å². The predicted molar refractivity (Wildman–Crippen MR) is 50.5 cm³/mol. The molecule has 0 unspecified atom stereocenters. The molecule has 1 rings (SSSR count). The van der Waals surface area contributed by atoms with Crippen molar-refractivity contribution in [3.63, 3.8) is 0 Å². The van der Waals surface area contributed by atoms with Crippen LogP contribution >= 0.6 is 0 Å². The van der Waals surface area contributed by atoms with Gasteiger partial charge in [0.1, 0.15) is 6.29 Å². The molecule has 0 amide bonds. The fraction of sp³-hybridized carbons (Fsp3) is 0.273. The number of halogens is 3. The van der Waals surface area contributed by atoms with Crippen LogP contribution in [-0.4, -0.2) is 6.29 Å². The molecular weight excluding hydrogens is 219 g/mol. The van der Waals surface area contributed by atoms with Crippen LogP contribution in [-0.2, 0) is 17.4 Å². The largest absolute Gasteiger partial charge is 0.416 e. The van der Waals surface area contributed by atoms with E-state index in [1.807, 2.05) is 0 Å². The number of carbonyl (C=O) groups is 1. The number of aryl methyl sites for hydroxylation is 1. The van der Waals surface area contributed by atoms with Crippen LogP contribution in [0.4, 0.5) is 13.2 Å². The molecule has 0 heterocycles. The molecule has 0 spiro atoms. The summed E-state index contributed by atoms with van der Waals surface area (Å²) in [6.07, 6.45) is -3.31. The first kappa shape index (κ1) is 12.2. The van der Waals surface area contributed by atoms with Crippen molar-refractivity contribution in [3.8, 4) is 6.07 Å². The molecule has 1 aromatic rings. The molecule has 0 radical (unpaired) electrons. The van der Waals surface area contributed by atoms with Crippen LogP contribution in [0.1, 0.15) is 23.1 Å². The van der Waals surface area contributed by atoms with E-state index in [2.05, 4.69) is 0 Å². The summed E-state index contributed by atoms with van der Waals surface area (Å²) in [5, 5.41) is 8.70. The summed E-state index contributed by atoms with van der Waals surface area (Å²) < 4.78 is 37.0. The van der Waals surface area contributed by atoms with Crippen molar-refractivity contribution in [2.24, 2.45) is 0 Å². The number of hydrogen-bond acceptors (Lipinski definition) is 2. The molecule has 0 saturated heterocycles. The number of benzene rings is 1. The van der Waals surface area contributed by atoms with Crippen LogP contribution in [0.15, 0.2) is 18.2 Å². The van der Waals surface area contributed by atoms with E-state index >= 15 is 0 Å². The molecule has 5 heteroatoms. The summed E-state index contributed by atoms with van der Waals surface area (Å²) in [5.74, 6) is 0. The zero-order valence-electron chi connectivity index (χ0n) is 8.21. The number of nitriles is 1. The molecule has 0 aliphatic rings. The maximum absolute atomic E-state index is 12.3. The van der Waals surface area contributed by atoms with Gasteiger partial charge in [0, 0.05) is 6.42 Å². The van der Waals surface area contributed by atoms with E-state index in [1.54, 1.807) is 6.07 Å². The number of carbonyl (C=O) groups excluding carboxylic acids is 1. The van der Waals surface area contributed by atoms with Gasteiger partial charge in [0.2, 0.25) is 0 Å². The van der Waals surface area contributed by atoms with Gasteiger partial charge in [-0.2, -0.15) is 18.4 Å². The Labute approximate surface area is 90.3 Å². The standard InChI is InChI=1S/C11H8F3NO/c12-11(13,14)10-4-3-8(2-1-5-16)9(6-10)7-15/h3-6H,1-2H2. The number of rotatable bonds is 3. The Morgan fingerprint density at radius 3 is 2.56 bits per heavy atom. The van der Waals surface area contributed by atoms with E-state index in [0.29, 0.717) is 11.8 Å². The lowest BCUT2D eigenvalue weighted by Gasteiger charge is -2.08. The Kier molecular flexibility index (Phi) is 3.67. The Balaban J connectivity index is 3.08. The van der Waals surface area contributed by atoms with Gasteiger partial charge in [-0.05, 0) is 24.1 Å². The number of alkyl halides is 3. The minimum atomic E-state index is -4.45. The number of aldehydes is 1. The third kappa shape index (κ3) is 2.83. The normalized spacial score (nSPS) is 10.9. The molecule has 84 valence electrons. The lowest BCUT2D eigenvalue weighted by Crippen LogP contribution is -2.06. The molecule has 0 N–H and O–H groups in total. The smallest absolute Gasteiger partial charge is 0.303 e. The van der Waals surface area contributed by atoms with Crippen molar-refractivity contribution in [1.29, 1.82) is 5.26 Å². The molecule has 2 nitrogen and oxygen atoms in total. The molecule has 0 bridgehead atoms. The number of hydrogen-bond donors (Lipinski definition) is 0. The molecule has 0 aromatic heterocycles. The first-order chi connectivity index (χ1) is 7.49. The van der Waals surface area contributed by atoms with Crippen LogP contribution < -0.4 is 0 Å². The third-order valence-corrected chi connectivity index (χ3v) is 2.09. The Morgan fingerprint density at radius 1 is 1.38 bits per heavy atom. The lowest BCUT2D eigenvalue weighted by atomic mass is 10.0. The second kappa shape index (κ2) is 4.79. The fourth-order valence-corrected chi connectivity index (χ4v) is 1.29. The quantitative estimate of drug-likeness (QED) is 0.745. The summed E-state index contributed by atoms with van der Waals surface area (Å²) in [6.45, 7) is 0. The molecular formula is C11H8F3NO. The Morgan fingerprint density at radius 2 is 2.06 bits per heavy atom. The van der Waals surface area contributed by atoms with Crippen LogP contribution in [0.3, 0.4) is 0 Å². The van der Waals surface area contributed by atoms with Crippen molar-refractivity contribution in [2.75, 3.05) is 0 Å². The monoisotopic (exact) mass is 227 g/mol. The maximum Gasteiger partial charge on any atom is 0.416 e. The van der Waals surface area contributed by atoms with Crippen LogP contribution in [0.2, 0.25) is 0 Å². The van der Waals surface area contributed by atoms with Gasteiger partial charge in [0.25, 0.3) is 0 Å². The van der Waals surface area contributed by atoms with Crippen LogP contribution in [0.25, 0.3) is 0 Å². The zero-order chi connectivity index (χ0) is 12.2. The van der Waals surface area contributed by atoms with Gasteiger partial charge in [-0.15, -0.1) is 0 Å². The van der Waals surface area contributed by atoms with Crippen molar-refractivity contribution < 1.29 is 18.0 Å². The topological polar surface area (TPSA) is 40.9 Å². The molecule has 16 heavy (non-hydrogen) atoms. The highest BCUT2D eigenvalue weighted by atomic mass is 19.4. The van der Waals surface area contributed by atoms with Gasteiger partial charge in [-0.25, -0.2) is 0 Å². The van der Waals surface area contributed by atoms with Gasteiger partial charge in [0.15, 0.2) is 0 Å². The third-order valence-electron chi connectivity index (χ3n) is 2.09. The van der Waals surface area contributed by atoms with Crippen molar-refractivity contribution in [2.45, 2.75) is 19.0 Å². The lowest BCUT2D eigenvalue weighted by molar-refractivity contribution is -0.137. The van der Waals surface area contributed by atoms with E-state index in [1.165, 1.54) is 6.07 Å². The molecule has 1 aromatic carbocycles. The van der Waals surface area contributed by atoms with Crippen molar-refractivity contribution >= 4 is 6.29 Å². The summed E-state index contributed by atoms with van der Waals surface area (Å²) in [6, 6.07) is 4.67. The van der Waals surface area contributed by atoms with Crippen LogP contribution in [0.5, 0.6) is 0 Å². The summed E-state index contributed by atoms with van der Waals surface area (Å²) in [4.78, 5) is 10.1.